The van der Waals surface area contributed by atoms with Gasteiger partial charge in [0.1, 0.15) is 12.6 Å². The van der Waals surface area contributed by atoms with Gasteiger partial charge in [-0.3, -0.25) is 13.9 Å². The number of hydrogen-bond donors (Lipinski definition) is 1. The molecule has 0 radical (unpaired) electrons. The van der Waals surface area contributed by atoms with Crippen molar-refractivity contribution < 1.29 is 31.2 Å². The maximum Gasteiger partial charge on any atom is 0.416 e. The molecule has 1 atom stereocenters. The molecule has 40 heavy (non-hydrogen) atoms. The number of benzene rings is 3. The Balaban J connectivity index is 2.09. The zero-order valence-electron chi connectivity index (χ0n) is 21.5. The minimum absolute atomic E-state index is 0.0794. The van der Waals surface area contributed by atoms with Crippen molar-refractivity contribution in [3.63, 3.8) is 0 Å². The first-order valence-corrected chi connectivity index (χ1v) is 14.4. The number of likely N-dealkylation sites (N-methyl/N-ethyl adjacent to an activating group) is 1. The summed E-state index contributed by atoms with van der Waals surface area (Å²) in [6, 6.07) is 16.5. The predicted molar refractivity (Wildman–Crippen MR) is 149 cm³/mol. The maximum absolute atomic E-state index is 13.8. The van der Waals surface area contributed by atoms with E-state index >= 15 is 0 Å². The summed E-state index contributed by atoms with van der Waals surface area (Å²) < 4.78 is 66.3. The highest BCUT2D eigenvalue weighted by Crippen LogP contribution is 2.36. The standard InChI is InChI=1S/C27H26Cl2F3N3O4S/c1-33-26(37)24(14-18-7-4-3-5-8-18)34(16-19-9-6-10-21(28)13-19)25(36)17-35(40(2,38)39)23-15-20(27(30,31)32)11-12-22(23)29/h3-13,15,24H,14,16-17H2,1-2H3,(H,33,37)/t24-/m0/s1. The van der Waals surface area contributed by atoms with Crippen molar-refractivity contribution in [3.05, 3.63) is 99.5 Å². The summed E-state index contributed by atoms with van der Waals surface area (Å²) in [4.78, 5) is 28.1. The van der Waals surface area contributed by atoms with Crippen LogP contribution >= 0.6 is 23.2 Å². The van der Waals surface area contributed by atoms with Crippen LogP contribution in [0.4, 0.5) is 18.9 Å². The fourth-order valence-corrected chi connectivity index (χ4v) is 5.36. The van der Waals surface area contributed by atoms with Crippen LogP contribution in [0.1, 0.15) is 16.7 Å². The molecule has 0 spiro atoms. The summed E-state index contributed by atoms with van der Waals surface area (Å²) in [5, 5.41) is 2.60. The number of alkyl halides is 3. The molecule has 3 aromatic carbocycles. The van der Waals surface area contributed by atoms with Crippen LogP contribution < -0.4 is 9.62 Å². The Morgan fingerprint density at radius 2 is 1.60 bits per heavy atom. The van der Waals surface area contributed by atoms with E-state index < -0.39 is 51.9 Å². The Labute approximate surface area is 240 Å². The van der Waals surface area contributed by atoms with Crippen molar-refractivity contribution in [1.29, 1.82) is 0 Å². The number of carbonyl (C=O) groups is 2. The number of halogens is 5. The molecule has 3 aromatic rings. The average Bonchev–Trinajstić information content (AvgIpc) is 2.88. The number of nitrogens with zero attached hydrogens (tertiary/aromatic N) is 2. The normalized spacial score (nSPS) is 12.5. The van der Waals surface area contributed by atoms with Crippen LogP contribution in [0, 0.1) is 0 Å². The molecule has 214 valence electrons. The Bertz CT molecular complexity index is 1470. The van der Waals surface area contributed by atoms with Gasteiger partial charge in [-0.15, -0.1) is 0 Å². The minimum atomic E-state index is -4.79. The lowest BCUT2D eigenvalue weighted by molar-refractivity contribution is -0.139. The number of hydrogen-bond acceptors (Lipinski definition) is 4. The maximum atomic E-state index is 13.8. The van der Waals surface area contributed by atoms with Crippen LogP contribution in [-0.2, 0) is 38.8 Å². The van der Waals surface area contributed by atoms with Crippen molar-refractivity contribution in [2.75, 3.05) is 24.2 Å². The fourth-order valence-electron chi connectivity index (χ4n) is 4.03. The highest BCUT2D eigenvalue weighted by molar-refractivity contribution is 7.92. The lowest BCUT2D eigenvalue weighted by atomic mass is 10.0. The van der Waals surface area contributed by atoms with Gasteiger partial charge in [0.05, 0.1) is 22.5 Å². The summed E-state index contributed by atoms with van der Waals surface area (Å²) in [5.41, 5.74) is -0.391. The molecule has 1 N–H and O–H groups in total. The third kappa shape index (κ3) is 8.12. The van der Waals surface area contributed by atoms with E-state index in [0.717, 1.165) is 17.9 Å². The van der Waals surface area contributed by atoms with Crippen LogP contribution in [0.5, 0.6) is 0 Å². The number of amides is 2. The number of carbonyl (C=O) groups excluding carboxylic acids is 2. The predicted octanol–water partition coefficient (Wildman–Crippen LogP) is 5.16. The molecule has 0 aliphatic heterocycles. The van der Waals surface area contributed by atoms with Gasteiger partial charge in [-0.2, -0.15) is 13.2 Å². The molecule has 0 aliphatic rings. The first-order chi connectivity index (χ1) is 18.7. The number of sulfonamides is 1. The Hall–Kier alpha value is -3.28. The summed E-state index contributed by atoms with van der Waals surface area (Å²) in [7, 11) is -2.91. The van der Waals surface area contributed by atoms with E-state index in [1.54, 1.807) is 54.6 Å². The Morgan fingerprint density at radius 3 is 2.17 bits per heavy atom. The summed E-state index contributed by atoms with van der Waals surface area (Å²) in [5.74, 6) is -1.37. The SMILES string of the molecule is CNC(=O)[C@H](Cc1ccccc1)N(Cc1cccc(Cl)c1)C(=O)CN(c1cc(C(F)(F)F)ccc1Cl)S(C)(=O)=O. The quantitative estimate of drug-likeness (QED) is 0.341. The van der Waals surface area contributed by atoms with Gasteiger partial charge in [-0.1, -0.05) is 65.7 Å². The van der Waals surface area contributed by atoms with Gasteiger partial charge in [0.25, 0.3) is 0 Å². The highest BCUT2D eigenvalue weighted by atomic mass is 35.5. The first-order valence-electron chi connectivity index (χ1n) is 11.8. The molecule has 0 saturated heterocycles. The molecule has 0 saturated carbocycles. The van der Waals surface area contributed by atoms with Gasteiger partial charge in [-0.05, 0) is 41.5 Å². The number of nitrogens with one attached hydrogen (secondary N) is 1. The van der Waals surface area contributed by atoms with E-state index in [1.807, 2.05) is 0 Å². The van der Waals surface area contributed by atoms with Crippen LogP contribution in [0.15, 0.2) is 72.8 Å². The molecule has 0 aliphatic carbocycles. The minimum Gasteiger partial charge on any atom is -0.357 e. The van der Waals surface area contributed by atoms with Crippen LogP contribution in [0.2, 0.25) is 10.0 Å². The van der Waals surface area contributed by atoms with Crippen LogP contribution in [-0.4, -0.2) is 51.0 Å². The number of anilines is 1. The monoisotopic (exact) mass is 615 g/mol. The molecule has 2 amide bonds. The van der Waals surface area contributed by atoms with Gasteiger partial charge in [-0.25, -0.2) is 8.42 Å². The van der Waals surface area contributed by atoms with Gasteiger partial charge in [0, 0.05) is 25.0 Å². The second kappa shape index (κ2) is 12.9. The smallest absolute Gasteiger partial charge is 0.357 e. The van der Waals surface area contributed by atoms with Gasteiger partial charge < -0.3 is 10.2 Å². The Morgan fingerprint density at radius 1 is 0.950 bits per heavy atom. The summed E-state index contributed by atoms with van der Waals surface area (Å²) in [6.07, 6.45) is -3.96. The molecule has 0 bridgehead atoms. The van der Waals surface area contributed by atoms with Crippen molar-refractivity contribution in [2.24, 2.45) is 0 Å². The molecule has 0 heterocycles. The average molecular weight is 616 g/mol. The lowest BCUT2D eigenvalue weighted by Gasteiger charge is -2.33. The van der Waals surface area contributed by atoms with E-state index in [4.69, 9.17) is 23.2 Å². The molecule has 0 fully saturated rings. The molecular weight excluding hydrogens is 590 g/mol. The third-order valence-electron chi connectivity index (χ3n) is 5.98. The molecule has 0 aromatic heterocycles. The van der Waals surface area contributed by atoms with Gasteiger partial charge in [0.15, 0.2) is 0 Å². The largest absolute Gasteiger partial charge is 0.416 e. The van der Waals surface area contributed by atoms with E-state index in [2.05, 4.69) is 5.32 Å². The van der Waals surface area contributed by atoms with Crippen LogP contribution in [0.25, 0.3) is 0 Å². The van der Waals surface area contributed by atoms with Gasteiger partial charge >= 0.3 is 6.18 Å². The van der Waals surface area contributed by atoms with Gasteiger partial charge in [0.2, 0.25) is 21.8 Å². The molecule has 3 rings (SSSR count). The zero-order valence-corrected chi connectivity index (χ0v) is 23.8. The van der Waals surface area contributed by atoms with E-state index in [0.29, 0.717) is 27.0 Å². The van der Waals surface area contributed by atoms with E-state index in [-0.39, 0.29) is 18.0 Å². The summed E-state index contributed by atoms with van der Waals surface area (Å²) in [6.45, 7) is -1.05. The lowest BCUT2D eigenvalue weighted by Crippen LogP contribution is -2.53. The highest BCUT2D eigenvalue weighted by Gasteiger charge is 2.35. The zero-order chi connectivity index (χ0) is 29.7. The second-order valence-electron chi connectivity index (χ2n) is 8.90. The molecule has 7 nitrogen and oxygen atoms in total. The third-order valence-corrected chi connectivity index (χ3v) is 7.66. The van der Waals surface area contributed by atoms with E-state index in [9.17, 15) is 31.2 Å². The van der Waals surface area contributed by atoms with E-state index in [1.165, 1.54) is 11.9 Å². The molecular formula is C27H26Cl2F3N3O4S. The fraction of sp³-hybridized carbons (Fsp3) is 0.259. The number of rotatable bonds is 10. The molecule has 0 unspecified atom stereocenters. The van der Waals surface area contributed by atoms with Crippen molar-refractivity contribution >= 4 is 50.7 Å². The summed E-state index contributed by atoms with van der Waals surface area (Å²) >= 11 is 12.2. The Kier molecular flexibility index (Phi) is 10.1. The molecule has 13 heteroatoms. The second-order valence-corrected chi connectivity index (χ2v) is 11.7. The first kappa shape index (κ1) is 31.3. The topological polar surface area (TPSA) is 86.8 Å². The van der Waals surface area contributed by atoms with Crippen LogP contribution in [0.3, 0.4) is 0 Å². The van der Waals surface area contributed by atoms with Crippen molar-refractivity contribution in [2.45, 2.75) is 25.2 Å². The van der Waals surface area contributed by atoms with Crippen molar-refractivity contribution in [1.82, 2.24) is 10.2 Å². The van der Waals surface area contributed by atoms with Crippen molar-refractivity contribution in [3.8, 4) is 0 Å².